The van der Waals surface area contributed by atoms with Gasteiger partial charge in [0.2, 0.25) is 0 Å². The first-order valence-corrected chi connectivity index (χ1v) is 11.0. The number of pyridine rings is 1. The number of hydrogen-bond acceptors (Lipinski definition) is 6. The molecule has 1 atom stereocenters. The molecule has 1 N–H and O–H groups in total. The Hall–Kier alpha value is -3.38. The van der Waals surface area contributed by atoms with E-state index in [1.54, 1.807) is 20.0 Å². The van der Waals surface area contributed by atoms with Gasteiger partial charge in [-0.2, -0.15) is 0 Å². The van der Waals surface area contributed by atoms with Crippen LogP contribution in [-0.4, -0.2) is 40.7 Å². The van der Waals surface area contributed by atoms with Crippen molar-refractivity contribution >= 4 is 27.7 Å². The zero-order chi connectivity index (χ0) is 22.8. The molecule has 0 fully saturated rings. The minimum absolute atomic E-state index is 0.127. The van der Waals surface area contributed by atoms with Gasteiger partial charge in [0, 0.05) is 27.9 Å². The lowest BCUT2D eigenvalue weighted by Crippen LogP contribution is -2.30. The van der Waals surface area contributed by atoms with Gasteiger partial charge in [-0.3, -0.25) is 9.88 Å². The summed E-state index contributed by atoms with van der Waals surface area (Å²) >= 11 is 0. The molecule has 0 spiro atoms. The fraction of sp³-hybridized carbons (Fsp3) is 0.308. The SMILES string of the molecule is CCOC(=O)c1c(C)oc2c1c(C(c1ccccn1)N(CC)CC)c(O)c1ccccc12. The quantitative estimate of drug-likeness (QED) is 0.383. The second-order valence-corrected chi connectivity index (χ2v) is 7.64. The molecular formula is C26H28N2O4. The average molecular weight is 433 g/mol. The number of phenols is 1. The Morgan fingerprint density at radius 2 is 1.78 bits per heavy atom. The van der Waals surface area contributed by atoms with Crippen LogP contribution in [-0.2, 0) is 4.74 Å². The number of aryl methyl sites for hydroxylation is 1. The minimum atomic E-state index is -0.459. The van der Waals surface area contributed by atoms with E-state index in [2.05, 4.69) is 23.7 Å². The van der Waals surface area contributed by atoms with Crippen molar-refractivity contribution in [2.45, 2.75) is 33.7 Å². The summed E-state index contributed by atoms with van der Waals surface area (Å²) in [6.07, 6.45) is 1.74. The zero-order valence-electron chi connectivity index (χ0n) is 18.9. The third-order valence-corrected chi connectivity index (χ3v) is 5.93. The Balaban J connectivity index is 2.18. The second-order valence-electron chi connectivity index (χ2n) is 7.64. The zero-order valence-corrected chi connectivity index (χ0v) is 18.9. The Morgan fingerprint density at radius 1 is 1.09 bits per heavy atom. The van der Waals surface area contributed by atoms with Crippen molar-refractivity contribution in [3.63, 3.8) is 0 Å². The first kappa shape index (κ1) is 21.8. The molecule has 0 saturated heterocycles. The predicted octanol–water partition coefficient (Wildman–Crippen LogP) is 5.60. The standard InChI is InChI=1S/C26H28N2O4/c1-5-28(6-2)23(19-14-10-11-15-27-19)22-21-20(26(30)31-7-3)16(4)32-25(21)18-13-9-8-12-17(18)24(22)29/h8-15,23,29H,5-7H2,1-4H3. The second kappa shape index (κ2) is 9.01. The molecule has 166 valence electrons. The van der Waals surface area contributed by atoms with Crippen molar-refractivity contribution in [3.8, 4) is 5.75 Å². The number of benzene rings is 2. The number of hydrogen-bond donors (Lipinski definition) is 1. The summed E-state index contributed by atoms with van der Waals surface area (Å²) in [5.74, 6) is 0.135. The number of aromatic hydroxyl groups is 1. The first-order chi connectivity index (χ1) is 15.5. The molecule has 4 aromatic rings. The lowest BCUT2D eigenvalue weighted by atomic mass is 9.90. The van der Waals surface area contributed by atoms with Gasteiger partial charge in [-0.05, 0) is 39.1 Å². The van der Waals surface area contributed by atoms with Crippen LogP contribution >= 0.6 is 0 Å². The number of carbonyl (C=O) groups is 1. The van der Waals surface area contributed by atoms with Crippen LogP contribution in [0.2, 0.25) is 0 Å². The highest BCUT2D eigenvalue weighted by atomic mass is 16.5. The molecule has 0 radical (unpaired) electrons. The van der Waals surface area contributed by atoms with Crippen molar-refractivity contribution in [2.75, 3.05) is 19.7 Å². The fourth-order valence-corrected chi connectivity index (χ4v) is 4.50. The summed E-state index contributed by atoms with van der Waals surface area (Å²) in [5.41, 5.74) is 2.32. The van der Waals surface area contributed by atoms with E-state index in [0.717, 1.165) is 24.2 Å². The van der Waals surface area contributed by atoms with Gasteiger partial charge in [0.15, 0.2) is 0 Å². The molecule has 6 nitrogen and oxygen atoms in total. The Kier molecular flexibility index (Phi) is 6.15. The highest BCUT2D eigenvalue weighted by Gasteiger charge is 2.33. The molecule has 0 aliphatic carbocycles. The largest absolute Gasteiger partial charge is 0.507 e. The van der Waals surface area contributed by atoms with E-state index in [9.17, 15) is 9.90 Å². The fourth-order valence-electron chi connectivity index (χ4n) is 4.50. The monoisotopic (exact) mass is 432 g/mol. The number of carbonyl (C=O) groups excluding carboxylic acids is 1. The number of furan rings is 1. The lowest BCUT2D eigenvalue weighted by molar-refractivity contribution is 0.0526. The van der Waals surface area contributed by atoms with E-state index in [0.29, 0.717) is 33.2 Å². The highest BCUT2D eigenvalue weighted by molar-refractivity contribution is 6.16. The molecule has 2 aromatic heterocycles. The lowest BCUT2D eigenvalue weighted by Gasteiger charge is -2.31. The normalized spacial score (nSPS) is 12.5. The summed E-state index contributed by atoms with van der Waals surface area (Å²) in [7, 11) is 0. The minimum Gasteiger partial charge on any atom is -0.507 e. The van der Waals surface area contributed by atoms with Gasteiger partial charge in [0.25, 0.3) is 0 Å². The van der Waals surface area contributed by atoms with Gasteiger partial charge < -0.3 is 14.3 Å². The maximum atomic E-state index is 13.0. The van der Waals surface area contributed by atoms with Crippen molar-refractivity contribution in [1.82, 2.24) is 9.88 Å². The molecule has 0 bridgehead atoms. The maximum Gasteiger partial charge on any atom is 0.342 e. The smallest absolute Gasteiger partial charge is 0.342 e. The van der Waals surface area contributed by atoms with E-state index >= 15 is 0 Å². The first-order valence-electron chi connectivity index (χ1n) is 11.0. The van der Waals surface area contributed by atoms with Crippen LogP contribution in [0.4, 0.5) is 0 Å². The number of fused-ring (bicyclic) bond motifs is 3. The maximum absolute atomic E-state index is 13.0. The third kappa shape index (κ3) is 3.50. The highest BCUT2D eigenvalue weighted by Crippen LogP contribution is 2.46. The molecule has 4 rings (SSSR count). The third-order valence-electron chi connectivity index (χ3n) is 5.93. The van der Waals surface area contributed by atoms with E-state index in [1.165, 1.54) is 0 Å². The number of ether oxygens (including phenoxy) is 1. The summed E-state index contributed by atoms with van der Waals surface area (Å²) < 4.78 is 11.5. The van der Waals surface area contributed by atoms with Crippen LogP contribution in [0.15, 0.2) is 53.1 Å². The topological polar surface area (TPSA) is 75.8 Å². The molecule has 0 saturated carbocycles. The molecule has 32 heavy (non-hydrogen) atoms. The number of nitrogens with zero attached hydrogens (tertiary/aromatic N) is 2. The molecule has 6 heteroatoms. The number of aromatic nitrogens is 1. The number of phenolic OH excluding ortho intramolecular Hbond substituents is 1. The Bertz CT molecular complexity index is 1260. The van der Waals surface area contributed by atoms with Gasteiger partial charge in [0.1, 0.15) is 22.7 Å². The van der Waals surface area contributed by atoms with Crippen molar-refractivity contribution in [3.05, 3.63) is 71.2 Å². The molecule has 2 heterocycles. The number of rotatable bonds is 7. The van der Waals surface area contributed by atoms with E-state index in [4.69, 9.17) is 9.15 Å². The Labute approximate surface area is 187 Å². The molecule has 1 unspecified atom stereocenters. The van der Waals surface area contributed by atoms with Crippen LogP contribution < -0.4 is 0 Å². The molecule has 0 amide bonds. The van der Waals surface area contributed by atoms with Gasteiger partial charge in [0.05, 0.1) is 18.3 Å². The van der Waals surface area contributed by atoms with Crippen molar-refractivity contribution in [1.29, 1.82) is 0 Å². The van der Waals surface area contributed by atoms with Crippen molar-refractivity contribution < 1.29 is 19.1 Å². The predicted molar refractivity (Wildman–Crippen MR) is 125 cm³/mol. The summed E-state index contributed by atoms with van der Waals surface area (Å²) in [5, 5.41) is 13.6. The average Bonchev–Trinajstić information content (AvgIpc) is 3.16. The molecular weight excluding hydrogens is 404 g/mol. The van der Waals surface area contributed by atoms with E-state index in [1.807, 2.05) is 42.5 Å². The van der Waals surface area contributed by atoms with Crippen LogP contribution in [0.25, 0.3) is 21.7 Å². The van der Waals surface area contributed by atoms with Crippen molar-refractivity contribution in [2.24, 2.45) is 0 Å². The van der Waals surface area contributed by atoms with Gasteiger partial charge in [-0.25, -0.2) is 4.79 Å². The van der Waals surface area contributed by atoms with Crippen LogP contribution in [0.5, 0.6) is 5.75 Å². The van der Waals surface area contributed by atoms with E-state index < -0.39 is 5.97 Å². The van der Waals surface area contributed by atoms with Gasteiger partial charge in [-0.1, -0.05) is 44.2 Å². The summed E-state index contributed by atoms with van der Waals surface area (Å²) in [6.45, 7) is 9.39. The molecule has 0 aliphatic heterocycles. The summed E-state index contributed by atoms with van der Waals surface area (Å²) in [4.78, 5) is 19.8. The Morgan fingerprint density at radius 3 is 2.41 bits per heavy atom. The molecule has 0 aliphatic rings. The number of esters is 1. The molecule has 2 aromatic carbocycles. The van der Waals surface area contributed by atoms with Crippen LogP contribution in [0.3, 0.4) is 0 Å². The van der Waals surface area contributed by atoms with E-state index in [-0.39, 0.29) is 18.4 Å². The van der Waals surface area contributed by atoms with Gasteiger partial charge in [-0.15, -0.1) is 0 Å². The van der Waals surface area contributed by atoms with Crippen LogP contribution in [0, 0.1) is 6.92 Å². The summed E-state index contributed by atoms with van der Waals surface area (Å²) in [6, 6.07) is 12.9. The van der Waals surface area contributed by atoms with Crippen LogP contribution in [0.1, 0.15) is 54.2 Å². The van der Waals surface area contributed by atoms with Gasteiger partial charge >= 0.3 is 5.97 Å².